The average Bonchev–Trinajstić information content (AvgIpc) is 2.83. The van der Waals surface area contributed by atoms with Gasteiger partial charge in [0.2, 0.25) is 0 Å². The van der Waals surface area contributed by atoms with Crippen molar-refractivity contribution >= 4 is 11.3 Å². The maximum absolute atomic E-state index is 9.50. The van der Waals surface area contributed by atoms with Crippen LogP contribution in [0, 0.1) is 6.92 Å². The molecule has 2 atom stereocenters. The number of aliphatic hydroxyl groups is 1. The Balaban J connectivity index is 2.07. The fourth-order valence-electron chi connectivity index (χ4n) is 1.91. The minimum atomic E-state index is -0.0526. The van der Waals surface area contributed by atoms with Crippen molar-refractivity contribution in [2.24, 2.45) is 0 Å². The Kier molecular flexibility index (Phi) is 4.47. The number of nitrogens with zero attached hydrogens (tertiary/aromatic N) is 1. The first-order chi connectivity index (χ1) is 8.70. The lowest BCUT2D eigenvalue weighted by molar-refractivity contribution is 0.235. The minimum Gasteiger partial charge on any atom is -0.394 e. The molecule has 0 aliphatic carbocycles. The summed E-state index contributed by atoms with van der Waals surface area (Å²) in [6.45, 7) is 4.15. The normalized spacial score (nSPS) is 14.4. The molecule has 2 N–H and O–H groups in total. The summed E-state index contributed by atoms with van der Waals surface area (Å²) in [6.07, 6.45) is 0. The first-order valence-electron chi connectivity index (χ1n) is 6.04. The van der Waals surface area contributed by atoms with Gasteiger partial charge in [0.05, 0.1) is 23.4 Å². The minimum absolute atomic E-state index is 0.0526. The number of rotatable bonds is 5. The zero-order chi connectivity index (χ0) is 13.0. The van der Waals surface area contributed by atoms with Crippen molar-refractivity contribution in [1.82, 2.24) is 10.3 Å². The number of nitrogens with one attached hydrogen (secondary N) is 1. The van der Waals surface area contributed by atoms with E-state index in [4.69, 9.17) is 0 Å². The molecule has 1 unspecified atom stereocenters. The molecule has 1 aromatic carbocycles. The highest BCUT2D eigenvalue weighted by Crippen LogP contribution is 2.20. The summed E-state index contributed by atoms with van der Waals surface area (Å²) in [5.74, 6) is 0. The van der Waals surface area contributed by atoms with Crippen LogP contribution in [0.15, 0.2) is 35.7 Å². The first-order valence-corrected chi connectivity index (χ1v) is 6.92. The van der Waals surface area contributed by atoms with Crippen molar-refractivity contribution in [2.75, 3.05) is 6.61 Å². The predicted octanol–water partition coefficient (Wildman–Crippen LogP) is 2.84. The fraction of sp³-hybridized carbons (Fsp3) is 0.357. The summed E-state index contributed by atoms with van der Waals surface area (Å²) >= 11 is 1.65. The van der Waals surface area contributed by atoms with Crippen LogP contribution in [0.1, 0.15) is 35.3 Å². The molecule has 4 heteroatoms. The van der Waals surface area contributed by atoms with Gasteiger partial charge in [-0.2, -0.15) is 0 Å². The topological polar surface area (TPSA) is 45.2 Å². The lowest BCUT2D eigenvalue weighted by Gasteiger charge is -2.21. The van der Waals surface area contributed by atoms with Gasteiger partial charge in [0, 0.05) is 11.4 Å². The van der Waals surface area contributed by atoms with Crippen LogP contribution >= 0.6 is 11.3 Å². The molecule has 0 aliphatic heterocycles. The molecule has 3 nitrogen and oxygen atoms in total. The van der Waals surface area contributed by atoms with Gasteiger partial charge in [0.1, 0.15) is 0 Å². The van der Waals surface area contributed by atoms with Crippen LogP contribution in [0.4, 0.5) is 0 Å². The van der Waals surface area contributed by atoms with Crippen LogP contribution in [0.3, 0.4) is 0 Å². The van der Waals surface area contributed by atoms with E-state index in [1.807, 2.05) is 37.3 Å². The van der Waals surface area contributed by atoms with Gasteiger partial charge >= 0.3 is 0 Å². The Hall–Kier alpha value is -1.23. The largest absolute Gasteiger partial charge is 0.394 e. The van der Waals surface area contributed by atoms with Crippen molar-refractivity contribution < 1.29 is 5.11 Å². The summed E-state index contributed by atoms with van der Waals surface area (Å²) < 4.78 is 0. The molecule has 0 bridgehead atoms. The highest BCUT2D eigenvalue weighted by atomic mass is 32.1. The lowest BCUT2D eigenvalue weighted by atomic mass is 10.1. The molecule has 18 heavy (non-hydrogen) atoms. The molecule has 1 aromatic heterocycles. The van der Waals surface area contributed by atoms with Crippen LogP contribution in [-0.4, -0.2) is 16.7 Å². The van der Waals surface area contributed by atoms with E-state index < -0.39 is 0 Å². The lowest BCUT2D eigenvalue weighted by Crippen LogP contribution is -2.27. The molecular weight excluding hydrogens is 244 g/mol. The van der Waals surface area contributed by atoms with Gasteiger partial charge in [0.25, 0.3) is 0 Å². The molecule has 96 valence electrons. The highest BCUT2D eigenvalue weighted by molar-refractivity contribution is 7.09. The van der Waals surface area contributed by atoms with Crippen molar-refractivity contribution in [3.63, 3.8) is 0 Å². The molecule has 1 heterocycles. The van der Waals surface area contributed by atoms with E-state index in [9.17, 15) is 5.11 Å². The molecule has 2 aromatic rings. The zero-order valence-electron chi connectivity index (χ0n) is 10.6. The Morgan fingerprint density at radius 2 is 2.06 bits per heavy atom. The van der Waals surface area contributed by atoms with Gasteiger partial charge < -0.3 is 5.11 Å². The molecule has 0 amide bonds. The van der Waals surface area contributed by atoms with Crippen molar-refractivity contribution in [1.29, 1.82) is 0 Å². The Morgan fingerprint density at radius 1 is 1.33 bits per heavy atom. The number of hydrogen-bond donors (Lipinski definition) is 2. The second-order valence-corrected chi connectivity index (χ2v) is 5.39. The molecule has 0 aliphatic rings. The zero-order valence-corrected chi connectivity index (χ0v) is 11.4. The van der Waals surface area contributed by atoms with Crippen molar-refractivity contribution in [3.05, 3.63) is 52.0 Å². The van der Waals surface area contributed by atoms with Gasteiger partial charge in [-0.1, -0.05) is 30.3 Å². The van der Waals surface area contributed by atoms with Crippen LogP contribution in [0.2, 0.25) is 0 Å². The van der Waals surface area contributed by atoms with Gasteiger partial charge in [-0.3, -0.25) is 5.32 Å². The summed E-state index contributed by atoms with van der Waals surface area (Å²) in [5.41, 5.74) is 2.13. The van der Waals surface area contributed by atoms with Crippen LogP contribution in [-0.2, 0) is 0 Å². The quantitative estimate of drug-likeness (QED) is 0.871. The number of benzene rings is 1. The molecule has 0 fully saturated rings. The molecule has 0 radical (unpaired) electrons. The van der Waals surface area contributed by atoms with Gasteiger partial charge in [-0.25, -0.2) is 4.98 Å². The number of aliphatic hydroxyl groups excluding tert-OH is 1. The second-order valence-electron chi connectivity index (χ2n) is 4.33. The SMILES string of the molecule is Cc1nc(C(C)N[C@H](CO)c2ccccc2)cs1. The van der Waals surface area contributed by atoms with E-state index in [-0.39, 0.29) is 18.7 Å². The summed E-state index contributed by atoms with van der Waals surface area (Å²) in [6, 6.07) is 10.1. The van der Waals surface area contributed by atoms with Crippen LogP contribution < -0.4 is 5.32 Å². The third-order valence-electron chi connectivity index (χ3n) is 2.92. The second kappa shape index (κ2) is 6.09. The molecule has 0 saturated carbocycles. The maximum Gasteiger partial charge on any atom is 0.0898 e. The van der Waals surface area contributed by atoms with E-state index in [2.05, 4.69) is 22.6 Å². The summed E-state index contributed by atoms with van der Waals surface area (Å²) in [5, 5.41) is 16.0. The van der Waals surface area contributed by atoms with E-state index in [1.165, 1.54) is 0 Å². The standard InChI is InChI=1S/C14H18N2OS/c1-10(14-9-18-11(2)16-14)15-13(8-17)12-6-4-3-5-7-12/h3-7,9-10,13,15,17H,8H2,1-2H3/t10?,13-/m1/s1. The van der Waals surface area contributed by atoms with Crippen molar-refractivity contribution in [2.45, 2.75) is 25.9 Å². The van der Waals surface area contributed by atoms with Gasteiger partial charge in [-0.15, -0.1) is 11.3 Å². The van der Waals surface area contributed by atoms with E-state index in [1.54, 1.807) is 11.3 Å². The number of thiazole rings is 1. The summed E-state index contributed by atoms with van der Waals surface area (Å²) in [4.78, 5) is 4.47. The molecule has 0 saturated heterocycles. The van der Waals surface area contributed by atoms with Gasteiger partial charge in [0.15, 0.2) is 0 Å². The Morgan fingerprint density at radius 3 is 2.61 bits per heavy atom. The molecule has 0 spiro atoms. The average molecular weight is 262 g/mol. The van der Waals surface area contributed by atoms with E-state index in [0.717, 1.165) is 16.3 Å². The fourth-order valence-corrected chi connectivity index (χ4v) is 2.61. The van der Waals surface area contributed by atoms with Crippen LogP contribution in [0.5, 0.6) is 0 Å². The molecular formula is C14H18N2OS. The maximum atomic E-state index is 9.50. The first kappa shape index (κ1) is 13.2. The number of aryl methyl sites for hydroxylation is 1. The van der Waals surface area contributed by atoms with Crippen molar-refractivity contribution in [3.8, 4) is 0 Å². The third kappa shape index (κ3) is 3.16. The number of aromatic nitrogens is 1. The monoisotopic (exact) mass is 262 g/mol. The Labute approximate surface area is 112 Å². The van der Waals surface area contributed by atoms with Crippen LogP contribution in [0.25, 0.3) is 0 Å². The van der Waals surface area contributed by atoms with Gasteiger partial charge in [-0.05, 0) is 19.4 Å². The predicted molar refractivity (Wildman–Crippen MR) is 74.7 cm³/mol. The third-order valence-corrected chi connectivity index (χ3v) is 3.71. The molecule has 2 rings (SSSR count). The highest BCUT2D eigenvalue weighted by Gasteiger charge is 2.15. The smallest absolute Gasteiger partial charge is 0.0898 e. The van der Waals surface area contributed by atoms with E-state index in [0.29, 0.717) is 0 Å². The number of hydrogen-bond acceptors (Lipinski definition) is 4. The Bertz CT molecular complexity index is 484. The summed E-state index contributed by atoms with van der Waals surface area (Å²) in [7, 11) is 0. The van der Waals surface area contributed by atoms with E-state index >= 15 is 0 Å².